The van der Waals surface area contributed by atoms with Gasteiger partial charge in [-0.3, -0.25) is 4.79 Å². The van der Waals surface area contributed by atoms with E-state index in [0.717, 1.165) is 5.69 Å². The number of fused-ring (bicyclic) bond motifs is 1. The molecular weight excluding hydrogens is 392 g/mol. The summed E-state index contributed by atoms with van der Waals surface area (Å²) in [5.41, 5.74) is 0.726. The van der Waals surface area contributed by atoms with Crippen molar-refractivity contribution in [2.24, 2.45) is 0 Å². The quantitative estimate of drug-likeness (QED) is 0.788. The monoisotopic (exact) mass is 418 g/mol. The van der Waals surface area contributed by atoms with Crippen molar-refractivity contribution in [2.45, 2.75) is 19.4 Å². The molecule has 4 amide bonds. The molecule has 2 saturated heterocycles. The van der Waals surface area contributed by atoms with Crippen LogP contribution in [0.1, 0.15) is 13.3 Å². The molecule has 0 unspecified atom stereocenters. The molecule has 1 aromatic rings. The van der Waals surface area contributed by atoms with E-state index in [2.05, 4.69) is 5.32 Å². The highest BCUT2D eigenvalue weighted by Crippen LogP contribution is 2.35. The van der Waals surface area contributed by atoms with Crippen molar-refractivity contribution in [2.75, 3.05) is 57.4 Å². The maximum absolute atomic E-state index is 12.6. The Balaban J connectivity index is 1.31. The van der Waals surface area contributed by atoms with Crippen LogP contribution >= 0.6 is 0 Å². The van der Waals surface area contributed by atoms with Crippen LogP contribution in [-0.4, -0.2) is 86.4 Å². The van der Waals surface area contributed by atoms with Crippen molar-refractivity contribution < 1.29 is 28.6 Å². The number of benzene rings is 1. The summed E-state index contributed by atoms with van der Waals surface area (Å²) < 4.78 is 16.1. The average Bonchev–Trinajstić information content (AvgIpc) is 3.13. The minimum absolute atomic E-state index is 0.0518. The Morgan fingerprint density at radius 3 is 2.53 bits per heavy atom. The summed E-state index contributed by atoms with van der Waals surface area (Å²) in [5, 5.41) is 2.94. The lowest BCUT2D eigenvalue weighted by Gasteiger charge is -2.34. The third-order valence-electron chi connectivity index (χ3n) is 5.38. The SMILES string of the molecule is CCOC(=O)N1CCN(C(=O)N[C@H]2CC(=O)N(c3ccc4c(c3)OCCO4)C2)CC1. The van der Waals surface area contributed by atoms with Crippen LogP contribution in [0.2, 0.25) is 0 Å². The molecule has 10 nitrogen and oxygen atoms in total. The molecule has 10 heteroatoms. The normalized spacial score (nSPS) is 20.9. The van der Waals surface area contributed by atoms with Crippen LogP contribution in [0.15, 0.2) is 18.2 Å². The largest absolute Gasteiger partial charge is 0.486 e. The first-order valence-electron chi connectivity index (χ1n) is 10.2. The number of carbonyl (C=O) groups is 3. The van der Waals surface area contributed by atoms with E-state index in [1.165, 1.54) is 0 Å². The van der Waals surface area contributed by atoms with Gasteiger partial charge in [-0.1, -0.05) is 0 Å². The summed E-state index contributed by atoms with van der Waals surface area (Å²) in [6.07, 6.45) is -0.114. The molecule has 3 aliphatic heterocycles. The highest BCUT2D eigenvalue weighted by molar-refractivity contribution is 5.97. The van der Waals surface area contributed by atoms with Gasteiger partial charge in [0.1, 0.15) is 13.2 Å². The molecule has 0 aromatic heterocycles. The van der Waals surface area contributed by atoms with Gasteiger partial charge in [-0.25, -0.2) is 9.59 Å². The summed E-state index contributed by atoms with van der Waals surface area (Å²) >= 11 is 0. The molecule has 0 radical (unpaired) electrons. The molecule has 1 aromatic carbocycles. The molecule has 1 atom stereocenters. The number of urea groups is 1. The number of nitrogens with zero attached hydrogens (tertiary/aromatic N) is 3. The fourth-order valence-electron chi connectivity index (χ4n) is 3.83. The minimum Gasteiger partial charge on any atom is -0.486 e. The smallest absolute Gasteiger partial charge is 0.409 e. The predicted octanol–water partition coefficient (Wildman–Crippen LogP) is 1.05. The maximum atomic E-state index is 12.6. The topological polar surface area (TPSA) is 101 Å². The number of anilines is 1. The van der Waals surface area contributed by atoms with Gasteiger partial charge in [-0.15, -0.1) is 0 Å². The number of piperazine rings is 1. The van der Waals surface area contributed by atoms with Crippen molar-refractivity contribution in [1.29, 1.82) is 0 Å². The Bertz CT molecular complexity index is 824. The molecule has 0 bridgehead atoms. The van der Waals surface area contributed by atoms with E-state index >= 15 is 0 Å². The summed E-state index contributed by atoms with van der Waals surface area (Å²) in [4.78, 5) is 41.8. The first-order chi connectivity index (χ1) is 14.5. The Labute approximate surface area is 174 Å². The molecule has 3 aliphatic rings. The van der Waals surface area contributed by atoms with Crippen molar-refractivity contribution in [3.63, 3.8) is 0 Å². The van der Waals surface area contributed by atoms with Crippen LogP contribution < -0.4 is 19.7 Å². The fourth-order valence-corrected chi connectivity index (χ4v) is 3.83. The van der Waals surface area contributed by atoms with Gasteiger partial charge in [0.15, 0.2) is 11.5 Å². The zero-order valence-corrected chi connectivity index (χ0v) is 17.0. The van der Waals surface area contributed by atoms with Crippen molar-refractivity contribution in [1.82, 2.24) is 15.1 Å². The number of ether oxygens (including phenoxy) is 3. The highest BCUT2D eigenvalue weighted by atomic mass is 16.6. The van der Waals surface area contributed by atoms with Crippen molar-refractivity contribution in [3.05, 3.63) is 18.2 Å². The van der Waals surface area contributed by atoms with Crippen LogP contribution in [0.25, 0.3) is 0 Å². The van der Waals surface area contributed by atoms with E-state index in [0.29, 0.717) is 64.0 Å². The van der Waals surface area contributed by atoms with E-state index in [1.807, 2.05) is 6.07 Å². The molecule has 0 aliphatic carbocycles. The van der Waals surface area contributed by atoms with E-state index < -0.39 is 0 Å². The lowest BCUT2D eigenvalue weighted by molar-refractivity contribution is -0.117. The van der Waals surface area contributed by atoms with E-state index in [4.69, 9.17) is 14.2 Å². The summed E-state index contributed by atoms with van der Waals surface area (Å²) in [7, 11) is 0. The fraction of sp³-hybridized carbons (Fsp3) is 0.550. The third-order valence-corrected chi connectivity index (χ3v) is 5.38. The van der Waals surface area contributed by atoms with E-state index in [9.17, 15) is 14.4 Å². The molecular formula is C20H26N4O6. The van der Waals surface area contributed by atoms with Crippen LogP contribution in [0.3, 0.4) is 0 Å². The zero-order valence-electron chi connectivity index (χ0n) is 17.0. The third kappa shape index (κ3) is 4.22. The van der Waals surface area contributed by atoms with Crippen LogP contribution in [0.5, 0.6) is 11.5 Å². The van der Waals surface area contributed by atoms with Gasteiger partial charge in [0.2, 0.25) is 5.91 Å². The van der Waals surface area contributed by atoms with Crippen LogP contribution in [-0.2, 0) is 9.53 Å². The second-order valence-corrected chi connectivity index (χ2v) is 7.36. The molecule has 162 valence electrons. The number of nitrogens with one attached hydrogen (secondary N) is 1. The first-order valence-corrected chi connectivity index (χ1v) is 10.2. The van der Waals surface area contributed by atoms with E-state index in [-0.39, 0.29) is 30.5 Å². The molecule has 0 spiro atoms. The molecule has 0 saturated carbocycles. The van der Waals surface area contributed by atoms with Gasteiger partial charge < -0.3 is 34.2 Å². The molecule has 4 rings (SSSR count). The highest BCUT2D eigenvalue weighted by Gasteiger charge is 2.34. The Morgan fingerprint density at radius 2 is 1.80 bits per heavy atom. The number of hydrogen-bond donors (Lipinski definition) is 1. The Morgan fingerprint density at radius 1 is 1.10 bits per heavy atom. The Hall–Kier alpha value is -3.17. The number of amides is 4. The molecule has 3 heterocycles. The van der Waals surface area contributed by atoms with Gasteiger partial charge in [0, 0.05) is 50.9 Å². The number of rotatable bonds is 3. The maximum Gasteiger partial charge on any atom is 0.409 e. The van der Waals surface area contributed by atoms with Crippen molar-refractivity contribution in [3.8, 4) is 11.5 Å². The summed E-state index contributed by atoms with van der Waals surface area (Å²) in [5.74, 6) is 1.24. The lowest BCUT2D eigenvalue weighted by atomic mass is 10.2. The minimum atomic E-state index is -0.353. The predicted molar refractivity (Wildman–Crippen MR) is 107 cm³/mol. The average molecular weight is 418 g/mol. The van der Waals surface area contributed by atoms with Crippen LogP contribution in [0.4, 0.5) is 15.3 Å². The van der Waals surface area contributed by atoms with Gasteiger partial charge in [0.05, 0.1) is 12.6 Å². The first kappa shape index (κ1) is 20.1. The van der Waals surface area contributed by atoms with Gasteiger partial charge in [-0.2, -0.15) is 0 Å². The van der Waals surface area contributed by atoms with Gasteiger partial charge in [-0.05, 0) is 19.1 Å². The number of hydrogen-bond acceptors (Lipinski definition) is 6. The lowest BCUT2D eigenvalue weighted by Crippen LogP contribution is -2.54. The second kappa shape index (κ2) is 8.68. The summed E-state index contributed by atoms with van der Waals surface area (Å²) in [6, 6.07) is 4.92. The van der Waals surface area contributed by atoms with Crippen molar-refractivity contribution >= 4 is 23.7 Å². The van der Waals surface area contributed by atoms with Gasteiger partial charge in [0.25, 0.3) is 0 Å². The number of carbonyl (C=O) groups excluding carboxylic acids is 3. The van der Waals surface area contributed by atoms with Crippen LogP contribution in [0, 0.1) is 0 Å². The zero-order chi connectivity index (χ0) is 21.1. The summed E-state index contributed by atoms with van der Waals surface area (Å²) in [6.45, 7) is 5.19. The standard InChI is InChI=1S/C20H26N4O6/c1-2-28-20(27)23-7-5-22(6-8-23)19(26)21-14-11-18(25)24(13-14)15-3-4-16-17(12-15)30-10-9-29-16/h3-4,12,14H,2,5-11,13H2,1H3,(H,21,26)/t14-/m0/s1. The van der Waals surface area contributed by atoms with Gasteiger partial charge >= 0.3 is 12.1 Å². The second-order valence-electron chi connectivity index (χ2n) is 7.36. The molecule has 1 N–H and O–H groups in total. The molecule has 30 heavy (non-hydrogen) atoms. The van der Waals surface area contributed by atoms with E-state index in [1.54, 1.807) is 33.8 Å². The molecule has 2 fully saturated rings. The Kier molecular flexibility index (Phi) is 5.82.